The van der Waals surface area contributed by atoms with E-state index in [9.17, 15) is 4.79 Å². The van der Waals surface area contributed by atoms with Crippen LogP contribution in [0.15, 0.2) is 42.5 Å². The molecular weight excluding hydrogens is 288 g/mol. The molecule has 0 aliphatic heterocycles. The fourth-order valence-corrected chi connectivity index (χ4v) is 2.65. The van der Waals surface area contributed by atoms with Gasteiger partial charge in [0.1, 0.15) is 5.75 Å². The average molecular weight is 312 g/mol. The lowest BCUT2D eigenvalue weighted by Crippen LogP contribution is -2.30. The molecule has 2 unspecified atom stereocenters. The maximum Gasteiger partial charge on any atom is 0.229 e. The van der Waals surface area contributed by atoms with Crippen LogP contribution in [0.3, 0.4) is 0 Å². The van der Waals surface area contributed by atoms with Crippen LogP contribution in [0.25, 0.3) is 0 Å². The van der Waals surface area contributed by atoms with E-state index in [-0.39, 0.29) is 17.9 Å². The molecule has 3 N–H and O–H groups in total. The molecule has 0 heterocycles. The van der Waals surface area contributed by atoms with E-state index >= 15 is 0 Å². The summed E-state index contributed by atoms with van der Waals surface area (Å²) in [6.45, 7) is 5.75. The molecule has 0 aliphatic carbocycles. The number of benzene rings is 2. The number of nitrogens with two attached hydrogens (primary N) is 1. The van der Waals surface area contributed by atoms with Gasteiger partial charge in [-0.2, -0.15) is 0 Å². The topological polar surface area (TPSA) is 64.3 Å². The normalized spacial score (nSPS) is 13.3. The lowest BCUT2D eigenvalue weighted by molar-refractivity contribution is -0.120. The highest BCUT2D eigenvalue weighted by molar-refractivity contribution is 5.94. The van der Waals surface area contributed by atoms with Gasteiger partial charge in [-0.15, -0.1) is 0 Å². The van der Waals surface area contributed by atoms with Gasteiger partial charge in [0.15, 0.2) is 0 Å². The van der Waals surface area contributed by atoms with Gasteiger partial charge in [-0.25, -0.2) is 0 Å². The van der Waals surface area contributed by atoms with Crippen molar-refractivity contribution in [1.29, 1.82) is 0 Å². The van der Waals surface area contributed by atoms with Crippen molar-refractivity contribution in [2.24, 2.45) is 11.7 Å². The summed E-state index contributed by atoms with van der Waals surface area (Å²) in [5.74, 6) is 0.349. The molecule has 0 bridgehead atoms. The predicted octanol–water partition coefficient (Wildman–Crippen LogP) is 3.59. The second-order valence-corrected chi connectivity index (χ2v) is 5.80. The summed E-state index contributed by atoms with van der Waals surface area (Å²) >= 11 is 0. The molecule has 0 radical (unpaired) electrons. The minimum absolute atomic E-state index is 0.102. The third kappa shape index (κ3) is 3.71. The monoisotopic (exact) mass is 312 g/mol. The molecule has 2 aromatic carbocycles. The van der Waals surface area contributed by atoms with E-state index in [4.69, 9.17) is 10.5 Å². The van der Waals surface area contributed by atoms with Crippen molar-refractivity contribution in [2.45, 2.75) is 26.8 Å². The van der Waals surface area contributed by atoms with Crippen LogP contribution < -0.4 is 15.8 Å². The molecular formula is C19H24N2O2. The summed E-state index contributed by atoms with van der Waals surface area (Å²) in [7, 11) is 1.63. The molecule has 122 valence electrons. The number of ether oxygens (including phenoxy) is 1. The van der Waals surface area contributed by atoms with Crippen molar-refractivity contribution in [3.05, 3.63) is 59.2 Å². The van der Waals surface area contributed by atoms with Crippen LogP contribution in [0.1, 0.15) is 29.7 Å². The summed E-state index contributed by atoms with van der Waals surface area (Å²) in [5.41, 5.74) is 9.89. The molecule has 0 fully saturated rings. The Hall–Kier alpha value is -2.33. The minimum Gasteiger partial charge on any atom is -0.496 e. The predicted molar refractivity (Wildman–Crippen MR) is 93.6 cm³/mol. The molecule has 0 aliphatic rings. The van der Waals surface area contributed by atoms with Crippen LogP contribution in [0.5, 0.6) is 5.75 Å². The molecule has 0 saturated heterocycles. The zero-order valence-corrected chi connectivity index (χ0v) is 14.1. The Labute approximate surface area is 137 Å². The first-order valence-electron chi connectivity index (χ1n) is 7.71. The molecule has 2 rings (SSSR count). The van der Waals surface area contributed by atoms with Gasteiger partial charge in [0, 0.05) is 17.3 Å². The van der Waals surface area contributed by atoms with E-state index in [1.807, 2.05) is 63.2 Å². The summed E-state index contributed by atoms with van der Waals surface area (Å²) in [6.07, 6.45) is 0. The summed E-state index contributed by atoms with van der Waals surface area (Å²) < 4.78 is 5.40. The third-order valence-electron chi connectivity index (χ3n) is 4.20. The maximum atomic E-state index is 12.5. The van der Waals surface area contributed by atoms with E-state index in [1.165, 1.54) is 0 Å². The number of amides is 1. The zero-order valence-electron chi connectivity index (χ0n) is 14.1. The van der Waals surface area contributed by atoms with E-state index in [0.717, 1.165) is 28.1 Å². The lowest BCUT2D eigenvalue weighted by atomic mass is 9.94. The molecule has 0 spiro atoms. The lowest BCUT2D eigenvalue weighted by Gasteiger charge is -2.21. The SMILES string of the molecule is COc1c(C)ccc(NC(=O)C(C)C(N)c2ccccc2)c1C. The third-order valence-corrected chi connectivity index (χ3v) is 4.20. The van der Waals surface area contributed by atoms with Crippen molar-refractivity contribution >= 4 is 11.6 Å². The van der Waals surface area contributed by atoms with Gasteiger partial charge < -0.3 is 15.8 Å². The van der Waals surface area contributed by atoms with Crippen molar-refractivity contribution in [1.82, 2.24) is 0 Å². The van der Waals surface area contributed by atoms with Crippen molar-refractivity contribution in [3.63, 3.8) is 0 Å². The molecule has 0 aromatic heterocycles. The summed E-state index contributed by atoms with van der Waals surface area (Å²) in [5, 5.41) is 2.96. The van der Waals surface area contributed by atoms with E-state index in [1.54, 1.807) is 7.11 Å². The van der Waals surface area contributed by atoms with Gasteiger partial charge >= 0.3 is 0 Å². The quantitative estimate of drug-likeness (QED) is 0.887. The Kier molecular flexibility index (Phi) is 5.40. The van der Waals surface area contributed by atoms with Gasteiger partial charge in [0.25, 0.3) is 0 Å². The van der Waals surface area contributed by atoms with Gasteiger partial charge in [-0.05, 0) is 31.0 Å². The standard InChI is InChI=1S/C19H24N2O2/c1-12-10-11-16(13(2)18(12)23-4)21-19(22)14(3)17(20)15-8-6-5-7-9-15/h5-11,14,17H,20H2,1-4H3,(H,21,22). The zero-order chi connectivity index (χ0) is 17.0. The largest absolute Gasteiger partial charge is 0.496 e. The average Bonchev–Trinajstić information content (AvgIpc) is 2.57. The number of rotatable bonds is 5. The van der Waals surface area contributed by atoms with E-state index in [0.29, 0.717) is 0 Å². The maximum absolute atomic E-state index is 12.5. The summed E-state index contributed by atoms with van der Waals surface area (Å²) in [4.78, 5) is 12.5. The fraction of sp³-hybridized carbons (Fsp3) is 0.316. The van der Waals surface area contributed by atoms with Crippen molar-refractivity contribution < 1.29 is 9.53 Å². The van der Waals surface area contributed by atoms with Crippen LogP contribution in [-0.4, -0.2) is 13.0 Å². The number of methoxy groups -OCH3 is 1. The fourth-order valence-electron chi connectivity index (χ4n) is 2.65. The minimum atomic E-state index is -0.344. The number of carbonyl (C=O) groups is 1. The first-order valence-corrected chi connectivity index (χ1v) is 7.71. The molecule has 2 atom stereocenters. The van der Waals surface area contributed by atoms with Gasteiger partial charge in [-0.1, -0.05) is 43.3 Å². The highest BCUT2D eigenvalue weighted by Crippen LogP contribution is 2.30. The number of carbonyl (C=O) groups excluding carboxylic acids is 1. The Bertz CT molecular complexity index is 683. The van der Waals surface area contributed by atoms with Gasteiger partial charge in [0.05, 0.1) is 13.0 Å². The van der Waals surface area contributed by atoms with Crippen LogP contribution in [0, 0.1) is 19.8 Å². The molecule has 23 heavy (non-hydrogen) atoms. The van der Waals surface area contributed by atoms with E-state index in [2.05, 4.69) is 5.32 Å². The summed E-state index contributed by atoms with van der Waals surface area (Å²) in [6, 6.07) is 13.1. The number of hydrogen-bond donors (Lipinski definition) is 2. The Balaban J connectivity index is 2.16. The number of nitrogens with one attached hydrogen (secondary N) is 1. The van der Waals surface area contributed by atoms with Crippen molar-refractivity contribution in [2.75, 3.05) is 12.4 Å². The molecule has 4 nitrogen and oxygen atoms in total. The Morgan fingerprint density at radius 3 is 2.39 bits per heavy atom. The molecule has 2 aromatic rings. The first kappa shape index (κ1) is 17.0. The van der Waals surface area contributed by atoms with Gasteiger partial charge in [-0.3, -0.25) is 4.79 Å². The van der Waals surface area contributed by atoms with Crippen molar-refractivity contribution in [3.8, 4) is 5.75 Å². The van der Waals surface area contributed by atoms with Crippen LogP contribution >= 0.6 is 0 Å². The second kappa shape index (κ2) is 7.29. The van der Waals surface area contributed by atoms with E-state index < -0.39 is 0 Å². The smallest absolute Gasteiger partial charge is 0.229 e. The number of anilines is 1. The number of aryl methyl sites for hydroxylation is 1. The second-order valence-electron chi connectivity index (χ2n) is 5.80. The first-order chi connectivity index (χ1) is 11.0. The highest BCUT2D eigenvalue weighted by atomic mass is 16.5. The molecule has 0 saturated carbocycles. The Morgan fingerprint density at radius 2 is 1.78 bits per heavy atom. The Morgan fingerprint density at radius 1 is 1.13 bits per heavy atom. The van der Waals surface area contributed by atoms with Crippen LogP contribution in [-0.2, 0) is 4.79 Å². The highest BCUT2D eigenvalue weighted by Gasteiger charge is 2.23. The van der Waals surface area contributed by atoms with Crippen LogP contribution in [0.2, 0.25) is 0 Å². The number of hydrogen-bond acceptors (Lipinski definition) is 3. The van der Waals surface area contributed by atoms with Gasteiger partial charge in [0.2, 0.25) is 5.91 Å². The molecule has 4 heteroatoms. The molecule has 1 amide bonds. The van der Waals surface area contributed by atoms with Crippen LogP contribution in [0.4, 0.5) is 5.69 Å².